The molecule has 0 aliphatic heterocycles. The van der Waals surface area contributed by atoms with Crippen LogP contribution in [0.3, 0.4) is 0 Å². The normalized spacial score (nSPS) is 11.4. The molecule has 25 heavy (non-hydrogen) atoms. The second-order valence-corrected chi connectivity index (χ2v) is 6.42. The SMILES string of the molecule is CCc1cnc(CNC(=NC)NCCc2nnc3ccccn23)s1.I. The van der Waals surface area contributed by atoms with E-state index in [0.717, 1.165) is 41.8 Å². The van der Waals surface area contributed by atoms with Crippen LogP contribution in [0.25, 0.3) is 5.65 Å². The van der Waals surface area contributed by atoms with Crippen LogP contribution in [0.4, 0.5) is 0 Å². The van der Waals surface area contributed by atoms with Crippen molar-refractivity contribution in [3.63, 3.8) is 0 Å². The molecular weight excluding hydrogens is 449 g/mol. The fourth-order valence-corrected chi connectivity index (χ4v) is 3.13. The summed E-state index contributed by atoms with van der Waals surface area (Å²) in [7, 11) is 1.77. The topological polar surface area (TPSA) is 79.5 Å². The Morgan fingerprint density at radius 3 is 2.92 bits per heavy atom. The Labute approximate surface area is 168 Å². The van der Waals surface area contributed by atoms with E-state index in [9.17, 15) is 0 Å². The lowest BCUT2D eigenvalue weighted by atomic mass is 10.4. The van der Waals surface area contributed by atoms with Crippen LogP contribution in [0, 0.1) is 0 Å². The van der Waals surface area contributed by atoms with E-state index in [1.165, 1.54) is 4.88 Å². The highest BCUT2D eigenvalue weighted by molar-refractivity contribution is 14.0. The molecular formula is C16H22IN7S. The van der Waals surface area contributed by atoms with Crippen molar-refractivity contribution in [1.29, 1.82) is 0 Å². The third-order valence-corrected chi connectivity index (χ3v) is 4.75. The zero-order valence-corrected chi connectivity index (χ0v) is 17.4. The number of aryl methyl sites for hydroxylation is 1. The lowest BCUT2D eigenvalue weighted by molar-refractivity contribution is 0.759. The third-order valence-electron chi connectivity index (χ3n) is 3.61. The van der Waals surface area contributed by atoms with Crippen molar-refractivity contribution in [2.45, 2.75) is 26.3 Å². The van der Waals surface area contributed by atoms with Gasteiger partial charge in [-0.2, -0.15) is 0 Å². The first-order valence-electron chi connectivity index (χ1n) is 7.97. The number of nitrogens with one attached hydrogen (secondary N) is 2. The summed E-state index contributed by atoms with van der Waals surface area (Å²) in [5.41, 5.74) is 0.866. The summed E-state index contributed by atoms with van der Waals surface area (Å²) < 4.78 is 2.00. The minimum atomic E-state index is 0. The third kappa shape index (κ3) is 5.11. The molecule has 3 aromatic heterocycles. The quantitative estimate of drug-likeness (QED) is 0.328. The average Bonchev–Trinajstić information content (AvgIpc) is 3.25. The number of nitrogens with zero attached hydrogens (tertiary/aromatic N) is 5. The molecule has 0 aliphatic rings. The number of aliphatic imine (C=N–C) groups is 1. The summed E-state index contributed by atoms with van der Waals surface area (Å²) in [5.74, 6) is 1.69. The van der Waals surface area contributed by atoms with Gasteiger partial charge in [0.1, 0.15) is 10.8 Å². The minimum Gasteiger partial charge on any atom is -0.356 e. The molecule has 0 fully saturated rings. The molecule has 0 atom stereocenters. The van der Waals surface area contributed by atoms with E-state index < -0.39 is 0 Å². The summed E-state index contributed by atoms with van der Waals surface area (Å²) in [5, 5.41) is 16.0. The van der Waals surface area contributed by atoms with Gasteiger partial charge in [0.2, 0.25) is 0 Å². The van der Waals surface area contributed by atoms with Crippen LogP contribution in [0.5, 0.6) is 0 Å². The Morgan fingerprint density at radius 1 is 1.28 bits per heavy atom. The maximum absolute atomic E-state index is 4.40. The van der Waals surface area contributed by atoms with E-state index in [-0.39, 0.29) is 24.0 Å². The maximum Gasteiger partial charge on any atom is 0.191 e. The van der Waals surface area contributed by atoms with Gasteiger partial charge < -0.3 is 10.6 Å². The molecule has 3 rings (SSSR count). The van der Waals surface area contributed by atoms with Crippen LogP contribution in [0.15, 0.2) is 35.6 Å². The highest BCUT2D eigenvalue weighted by Gasteiger charge is 2.06. The lowest BCUT2D eigenvalue weighted by Crippen LogP contribution is -2.38. The Morgan fingerprint density at radius 2 is 2.16 bits per heavy atom. The zero-order chi connectivity index (χ0) is 16.8. The number of fused-ring (bicyclic) bond motifs is 1. The number of rotatable bonds is 6. The van der Waals surface area contributed by atoms with Gasteiger partial charge in [0.05, 0.1) is 6.54 Å². The number of hydrogen-bond donors (Lipinski definition) is 2. The molecule has 0 radical (unpaired) electrons. The minimum absolute atomic E-state index is 0. The number of thiazole rings is 1. The molecule has 0 aromatic carbocycles. The van der Waals surface area contributed by atoms with Crippen molar-refractivity contribution in [2.75, 3.05) is 13.6 Å². The van der Waals surface area contributed by atoms with Crippen molar-refractivity contribution < 1.29 is 0 Å². The molecule has 0 saturated carbocycles. The van der Waals surface area contributed by atoms with Gasteiger partial charge >= 0.3 is 0 Å². The Balaban J connectivity index is 0.00000225. The number of pyridine rings is 1. The van der Waals surface area contributed by atoms with Gasteiger partial charge in [0.25, 0.3) is 0 Å². The van der Waals surface area contributed by atoms with Crippen molar-refractivity contribution in [3.05, 3.63) is 46.3 Å². The zero-order valence-electron chi connectivity index (χ0n) is 14.3. The van der Waals surface area contributed by atoms with Crippen molar-refractivity contribution in [2.24, 2.45) is 4.99 Å². The summed E-state index contributed by atoms with van der Waals surface area (Å²) in [4.78, 5) is 9.94. The lowest BCUT2D eigenvalue weighted by Gasteiger charge is -2.10. The summed E-state index contributed by atoms with van der Waals surface area (Å²) in [6.07, 6.45) is 5.71. The van der Waals surface area contributed by atoms with E-state index >= 15 is 0 Å². The van der Waals surface area contributed by atoms with Crippen LogP contribution >= 0.6 is 35.3 Å². The van der Waals surface area contributed by atoms with Gasteiger partial charge in [-0.25, -0.2) is 4.98 Å². The molecule has 7 nitrogen and oxygen atoms in total. The summed E-state index contributed by atoms with van der Waals surface area (Å²) in [6.45, 7) is 3.55. The van der Waals surface area contributed by atoms with Crippen molar-refractivity contribution in [1.82, 2.24) is 30.2 Å². The molecule has 0 unspecified atom stereocenters. The molecule has 0 amide bonds. The van der Waals surface area contributed by atoms with Crippen LogP contribution in [-0.2, 0) is 19.4 Å². The average molecular weight is 471 g/mol. The molecule has 3 aromatic rings. The molecule has 0 aliphatic carbocycles. The van der Waals surface area contributed by atoms with Gasteiger partial charge in [0.15, 0.2) is 11.6 Å². The maximum atomic E-state index is 4.40. The van der Waals surface area contributed by atoms with Crippen molar-refractivity contribution >= 4 is 46.9 Å². The summed E-state index contributed by atoms with van der Waals surface area (Å²) >= 11 is 1.73. The molecule has 2 N–H and O–H groups in total. The number of aromatic nitrogens is 4. The highest BCUT2D eigenvalue weighted by atomic mass is 127. The van der Waals surface area contributed by atoms with Gasteiger partial charge in [-0.05, 0) is 18.6 Å². The molecule has 0 saturated heterocycles. The number of guanidine groups is 1. The van der Waals surface area contributed by atoms with Gasteiger partial charge in [-0.1, -0.05) is 13.0 Å². The van der Waals surface area contributed by atoms with Crippen LogP contribution in [0.1, 0.15) is 22.6 Å². The smallest absolute Gasteiger partial charge is 0.191 e. The Kier molecular flexibility index (Phi) is 7.56. The molecule has 0 spiro atoms. The van der Waals surface area contributed by atoms with Gasteiger partial charge in [0, 0.05) is 37.3 Å². The second-order valence-electron chi connectivity index (χ2n) is 5.22. The second kappa shape index (κ2) is 9.66. The molecule has 3 heterocycles. The van der Waals surface area contributed by atoms with E-state index in [1.807, 2.05) is 35.0 Å². The van der Waals surface area contributed by atoms with Gasteiger partial charge in [-0.15, -0.1) is 45.5 Å². The van der Waals surface area contributed by atoms with E-state index in [2.05, 4.69) is 37.7 Å². The van der Waals surface area contributed by atoms with E-state index in [0.29, 0.717) is 6.54 Å². The molecule has 134 valence electrons. The molecule has 9 heteroatoms. The van der Waals surface area contributed by atoms with Crippen molar-refractivity contribution in [3.8, 4) is 0 Å². The fraction of sp³-hybridized carbons (Fsp3) is 0.375. The van der Waals surface area contributed by atoms with Crippen LogP contribution in [-0.4, -0.2) is 39.1 Å². The standard InChI is InChI=1S/C16H21N7S.HI/c1-3-12-10-19-15(24-12)11-20-16(17-2)18-8-7-14-22-21-13-6-4-5-9-23(13)14;/h4-6,9-10H,3,7-8,11H2,1-2H3,(H2,17,18,20);1H. The van der Waals surface area contributed by atoms with Crippen LogP contribution in [0.2, 0.25) is 0 Å². The van der Waals surface area contributed by atoms with Gasteiger partial charge in [-0.3, -0.25) is 9.39 Å². The number of halogens is 1. The monoisotopic (exact) mass is 471 g/mol. The van der Waals surface area contributed by atoms with Crippen LogP contribution < -0.4 is 10.6 Å². The molecule has 0 bridgehead atoms. The Hall–Kier alpha value is -1.75. The number of hydrogen-bond acceptors (Lipinski definition) is 5. The first-order chi connectivity index (χ1) is 11.8. The van der Waals surface area contributed by atoms with E-state index in [4.69, 9.17) is 0 Å². The Bertz CT molecular complexity index is 827. The predicted octanol–water partition coefficient (Wildman–Crippen LogP) is 2.27. The summed E-state index contributed by atoms with van der Waals surface area (Å²) in [6, 6.07) is 5.88. The predicted molar refractivity (Wildman–Crippen MR) is 112 cm³/mol. The first kappa shape index (κ1) is 19.6. The largest absolute Gasteiger partial charge is 0.356 e. The van der Waals surface area contributed by atoms with E-state index in [1.54, 1.807) is 18.4 Å². The highest BCUT2D eigenvalue weighted by Crippen LogP contribution is 2.12. The first-order valence-corrected chi connectivity index (χ1v) is 8.78. The fourth-order valence-electron chi connectivity index (χ4n) is 2.33.